The van der Waals surface area contributed by atoms with Crippen molar-refractivity contribution >= 4 is 6.09 Å². The van der Waals surface area contributed by atoms with E-state index in [1.807, 2.05) is 0 Å². The van der Waals surface area contributed by atoms with Crippen molar-refractivity contribution in [3.05, 3.63) is 18.2 Å². The minimum absolute atomic E-state index is 0.00363. The number of likely N-dealkylation sites (tertiary alicyclic amines) is 1. The SMILES string of the molecule is O=C(Oc1ccc(O)cc1O)N1CCC(O)CC1. The van der Waals surface area contributed by atoms with Crippen LogP contribution in [0.3, 0.4) is 0 Å². The maximum atomic E-state index is 11.8. The molecule has 0 unspecified atom stereocenters. The van der Waals surface area contributed by atoms with Crippen LogP contribution in [0.4, 0.5) is 4.79 Å². The van der Waals surface area contributed by atoms with Crippen LogP contribution in [-0.2, 0) is 0 Å². The Hall–Kier alpha value is -1.95. The molecule has 6 nitrogen and oxygen atoms in total. The van der Waals surface area contributed by atoms with Crippen molar-refractivity contribution in [1.29, 1.82) is 0 Å². The van der Waals surface area contributed by atoms with Gasteiger partial charge in [-0.05, 0) is 25.0 Å². The lowest BCUT2D eigenvalue weighted by atomic mass is 10.1. The highest BCUT2D eigenvalue weighted by Crippen LogP contribution is 2.30. The number of nitrogens with zero attached hydrogens (tertiary/aromatic N) is 1. The first kappa shape index (κ1) is 12.5. The summed E-state index contributed by atoms with van der Waals surface area (Å²) in [7, 11) is 0. The van der Waals surface area contributed by atoms with Crippen molar-refractivity contribution in [2.45, 2.75) is 18.9 Å². The number of aliphatic hydroxyl groups excluding tert-OH is 1. The van der Waals surface area contributed by atoms with Crippen LogP contribution < -0.4 is 4.74 Å². The maximum absolute atomic E-state index is 11.8. The lowest BCUT2D eigenvalue weighted by Gasteiger charge is -2.28. The van der Waals surface area contributed by atoms with Crippen molar-refractivity contribution in [2.75, 3.05) is 13.1 Å². The van der Waals surface area contributed by atoms with Crippen LogP contribution in [0.25, 0.3) is 0 Å². The number of benzene rings is 1. The van der Waals surface area contributed by atoms with E-state index in [4.69, 9.17) is 9.84 Å². The molecule has 1 amide bonds. The predicted molar refractivity (Wildman–Crippen MR) is 62.6 cm³/mol. The minimum Gasteiger partial charge on any atom is -0.508 e. The van der Waals surface area contributed by atoms with Gasteiger partial charge >= 0.3 is 6.09 Å². The molecule has 1 heterocycles. The number of phenolic OH excluding ortho intramolecular Hbond substituents is 2. The number of amides is 1. The number of carbonyl (C=O) groups excluding carboxylic acids is 1. The third-order valence-corrected chi connectivity index (χ3v) is 2.86. The predicted octanol–water partition coefficient (Wildman–Crippen LogP) is 1.05. The molecule has 1 aliphatic rings. The second-order valence-corrected chi connectivity index (χ2v) is 4.24. The Kier molecular flexibility index (Phi) is 3.57. The lowest BCUT2D eigenvalue weighted by molar-refractivity contribution is 0.0793. The van der Waals surface area contributed by atoms with E-state index >= 15 is 0 Å². The van der Waals surface area contributed by atoms with Crippen LogP contribution in [0.5, 0.6) is 17.2 Å². The Morgan fingerprint density at radius 1 is 1.28 bits per heavy atom. The number of aliphatic hydroxyl groups is 1. The monoisotopic (exact) mass is 253 g/mol. The van der Waals surface area contributed by atoms with Gasteiger partial charge in [0.05, 0.1) is 6.10 Å². The number of rotatable bonds is 1. The standard InChI is InChI=1S/C12H15NO5/c14-8-3-5-13(6-4-8)12(17)18-11-2-1-9(15)7-10(11)16/h1-2,7-8,14-16H,3-6H2. The second kappa shape index (κ2) is 5.14. The lowest BCUT2D eigenvalue weighted by Crippen LogP contribution is -2.41. The number of piperidine rings is 1. The van der Waals surface area contributed by atoms with E-state index in [-0.39, 0.29) is 23.4 Å². The Labute approximate surface area is 104 Å². The van der Waals surface area contributed by atoms with Gasteiger partial charge in [-0.3, -0.25) is 0 Å². The van der Waals surface area contributed by atoms with Crippen LogP contribution in [0.1, 0.15) is 12.8 Å². The normalized spacial score (nSPS) is 16.6. The van der Waals surface area contributed by atoms with Crippen LogP contribution in [0, 0.1) is 0 Å². The van der Waals surface area contributed by atoms with Gasteiger partial charge in [0.1, 0.15) is 5.75 Å². The molecule has 0 atom stereocenters. The molecule has 1 fully saturated rings. The molecule has 1 aromatic rings. The summed E-state index contributed by atoms with van der Waals surface area (Å²) in [4.78, 5) is 13.2. The maximum Gasteiger partial charge on any atom is 0.415 e. The summed E-state index contributed by atoms with van der Waals surface area (Å²) in [6.07, 6.45) is 0.117. The highest BCUT2D eigenvalue weighted by atomic mass is 16.6. The number of aromatic hydroxyl groups is 2. The molecule has 98 valence electrons. The van der Waals surface area contributed by atoms with Gasteiger partial charge in [0.25, 0.3) is 0 Å². The van der Waals surface area contributed by atoms with E-state index in [2.05, 4.69) is 0 Å². The van der Waals surface area contributed by atoms with Crippen molar-refractivity contribution in [3.8, 4) is 17.2 Å². The third-order valence-electron chi connectivity index (χ3n) is 2.86. The average molecular weight is 253 g/mol. The Morgan fingerprint density at radius 2 is 1.94 bits per heavy atom. The van der Waals surface area contributed by atoms with Gasteiger partial charge in [-0.1, -0.05) is 0 Å². The number of hydrogen-bond acceptors (Lipinski definition) is 5. The number of hydrogen-bond donors (Lipinski definition) is 3. The van der Waals surface area contributed by atoms with Gasteiger partial charge in [-0.2, -0.15) is 0 Å². The summed E-state index contributed by atoms with van der Waals surface area (Å²) in [6.45, 7) is 0.859. The van der Waals surface area contributed by atoms with Crippen molar-refractivity contribution in [2.24, 2.45) is 0 Å². The first-order valence-electron chi connectivity index (χ1n) is 5.73. The zero-order valence-electron chi connectivity index (χ0n) is 9.74. The van der Waals surface area contributed by atoms with Gasteiger partial charge in [0.2, 0.25) is 0 Å². The molecule has 1 saturated heterocycles. The van der Waals surface area contributed by atoms with E-state index in [1.54, 1.807) is 0 Å². The van der Waals surface area contributed by atoms with Crippen molar-refractivity contribution in [1.82, 2.24) is 4.90 Å². The van der Waals surface area contributed by atoms with Gasteiger partial charge < -0.3 is 25.0 Å². The molecule has 6 heteroatoms. The minimum atomic E-state index is -0.567. The van der Waals surface area contributed by atoms with E-state index in [9.17, 15) is 15.0 Å². The van der Waals surface area contributed by atoms with E-state index in [0.29, 0.717) is 25.9 Å². The van der Waals surface area contributed by atoms with E-state index in [1.165, 1.54) is 17.0 Å². The molecular formula is C12H15NO5. The summed E-state index contributed by atoms with van der Waals surface area (Å²) in [5, 5.41) is 27.9. The highest BCUT2D eigenvalue weighted by molar-refractivity contribution is 5.71. The van der Waals surface area contributed by atoms with Crippen molar-refractivity contribution < 1.29 is 24.9 Å². The molecule has 1 aromatic carbocycles. The summed E-state index contributed by atoms with van der Waals surface area (Å²) >= 11 is 0. The molecule has 0 aromatic heterocycles. The summed E-state index contributed by atoms with van der Waals surface area (Å²) in [5.41, 5.74) is 0. The molecule has 0 bridgehead atoms. The first-order valence-corrected chi connectivity index (χ1v) is 5.73. The number of ether oxygens (including phenoxy) is 1. The molecule has 0 radical (unpaired) electrons. The van der Waals surface area contributed by atoms with Gasteiger partial charge in [-0.15, -0.1) is 0 Å². The largest absolute Gasteiger partial charge is 0.508 e. The fourth-order valence-electron chi connectivity index (χ4n) is 1.80. The second-order valence-electron chi connectivity index (χ2n) is 4.24. The van der Waals surface area contributed by atoms with E-state index in [0.717, 1.165) is 6.07 Å². The number of carbonyl (C=O) groups is 1. The molecule has 18 heavy (non-hydrogen) atoms. The Morgan fingerprint density at radius 3 is 2.56 bits per heavy atom. The highest BCUT2D eigenvalue weighted by Gasteiger charge is 2.23. The topological polar surface area (TPSA) is 90.2 Å². The Balaban J connectivity index is 1.98. The summed E-state index contributed by atoms with van der Waals surface area (Å²) in [6, 6.07) is 3.74. The quantitative estimate of drug-likeness (QED) is 0.696. The Bertz CT molecular complexity index is 440. The summed E-state index contributed by atoms with van der Waals surface area (Å²) < 4.78 is 5.02. The van der Waals surface area contributed by atoms with Crippen LogP contribution in [-0.4, -0.2) is 45.5 Å². The fraction of sp³-hybridized carbons (Fsp3) is 0.417. The zero-order chi connectivity index (χ0) is 13.1. The van der Waals surface area contributed by atoms with Gasteiger partial charge in [-0.25, -0.2) is 4.79 Å². The van der Waals surface area contributed by atoms with Gasteiger partial charge in [0.15, 0.2) is 11.5 Å². The average Bonchev–Trinajstić information content (AvgIpc) is 2.33. The molecular weight excluding hydrogens is 238 g/mol. The molecule has 2 rings (SSSR count). The fourth-order valence-corrected chi connectivity index (χ4v) is 1.80. The smallest absolute Gasteiger partial charge is 0.415 e. The number of phenols is 2. The third kappa shape index (κ3) is 2.84. The molecule has 0 saturated carbocycles. The summed E-state index contributed by atoms with van der Waals surface area (Å²) in [5.74, 6) is -0.391. The van der Waals surface area contributed by atoms with Crippen molar-refractivity contribution in [3.63, 3.8) is 0 Å². The molecule has 0 aliphatic carbocycles. The van der Waals surface area contributed by atoms with Gasteiger partial charge in [0, 0.05) is 19.2 Å². The first-order chi connectivity index (χ1) is 8.56. The van der Waals surface area contributed by atoms with Crippen LogP contribution in [0.15, 0.2) is 18.2 Å². The zero-order valence-corrected chi connectivity index (χ0v) is 9.74. The molecule has 1 aliphatic heterocycles. The van der Waals surface area contributed by atoms with E-state index < -0.39 is 6.09 Å². The molecule has 3 N–H and O–H groups in total. The van der Waals surface area contributed by atoms with Crippen LogP contribution >= 0.6 is 0 Å². The molecule has 0 spiro atoms. The van der Waals surface area contributed by atoms with Crippen LogP contribution in [0.2, 0.25) is 0 Å².